The first-order chi connectivity index (χ1) is 6.75. The van der Waals surface area contributed by atoms with Crippen LogP contribution in [0.5, 0.6) is 0 Å². The highest BCUT2D eigenvalue weighted by molar-refractivity contribution is 14.1. The second-order valence-electron chi connectivity index (χ2n) is 3.02. The molecule has 0 saturated heterocycles. The van der Waals surface area contributed by atoms with Crippen molar-refractivity contribution in [1.29, 1.82) is 0 Å². The zero-order chi connectivity index (χ0) is 9.97. The molecule has 0 amide bonds. The number of nitrogens with two attached hydrogens (primary N) is 1. The summed E-state index contributed by atoms with van der Waals surface area (Å²) in [6.45, 7) is 1.75. The molecule has 0 aliphatic carbocycles. The highest BCUT2D eigenvalue weighted by atomic mass is 127. The van der Waals surface area contributed by atoms with Crippen molar-refractivity contribution in [3.8, 4) is 0 Å². The molecule has 0 spiro atoms. The third-order valence-electron chi connectivity index (χ3n) is 1.92. The third kappa shape index (κ3) is 2.09. The van der Waals surface area contributed by atoms with Crippen LogP contribution in [0.1, 0.15) is 0 Å². The number of nitrogens with zero attached hydrogens (tertiary/aromatic N) is 1. The summed E-state index contributed by atoms with van der Waals surface area (Å²) < 4.78 is 1.10. The van der Waals surface area contributed by atoms with Gasteiger partial charge in [0.05, 0.1) is 12.2 Å². The lowest BCUT2D eigenvalue weighted by Gasteiger charge is -2.08. The van der Waals surface area contributed by atoms with Crippen LogP contribution in [0.3, 0.4) is 0 Å². The lowest BCUT2D eigenvalue weighted by Crippen LogP contribution is -2.26. The Morgan fingerprint density at radius 2 is 2.36 bits per heavy atom. The topological polar surface area (TPSA) is 62.4 Å². The van der Waals surface area contributed by atoms with Gasteiger partial charge in [0, 0.05) is 15.8 Å². The first-order valence-corrected chi connectivity index (χ1v) is 5.44. The molecule has 0 bridgehead atoms. The minimum atomic E-state index is 0.779. The van der Waals surface area contributed by atoms with E-state index in [1.807, 2.05) is 18.2 Å². The summed E-state index contributed by atoms with van der Waals surface area (Å²) >= 11 is 2.25. The van der Waals surface area contributed by atoms with Gasteiger partial charge in [0.25, 0.3) is 0 Å². The zero-order valence-electron chi connectivity index (χ0n) is 7.55. The van der Waals surface area contributed by atoms with E-state index in [4.69, 9.17) is 5.73 Å². The van der Waals surface area contributed by atoms with E-state index in [1.54, 1.807) is 0 Å². The van der Waals surface area contributed by atoms with Crippen LogP contribution < -0.4 is 16.4 Å². The molecule has 0 fully saturated rings. The number of halogens is 1. The Kier molecular flexibility index (Phi) is 2.76. The van der Waals surface area contributed by atoms with E-state index in [1.165, 1.54) is 0 Å². The Morgan fingerprint density at radius 1 is 1.50 bits per heavy atom. The van der Waals surface area contributed by atoms with Gasteiger partial charge in [-0.15, -0.1) is 0 Å². The standard InChI is InChI=1S/C9H11IN4/c10-7-5-6(11)1-2-8(7)14-9-12-3-4-13-9/h1-2,5H,3-4,11H2,(H2,12,13,14). The van der Waals surface area contributed by atoms with Gasteiger partial charge < -0.3 is 16.4 Å². The zero-order valence-corrected chi connectivity index (χ0v) is 9.71. The maximum atomic E-state index is 5.66. The molecular weight excluding hydrogens is 291 g/mol. The van der Waals surface area contributed by atoms with E-state index in [0.29, 0.717) is 0 Å². The maximum absolute atomic E-state index is 5.66. The number of guanidine groups is 1. The average Bonchev–Trinajstić information content (AvgIpc) is 2.62. The van der Waals surface area contributed by atoms with Crippen LogP contribution in [0.15, 0.2) is 23.2 Å². The van der Waals surface area contributed by atoms with Gasteiger partial charge >= 0.3 is 0 Å². The van der Waals surface area contributed by atoms with E-state index >= 15 is 0 Å². The maximum Gasteiger partial charge on any atom is 0.195 e. The number of anilines is 2. The van der Waals surface area contributed by atoms with Crippen LogP contribution >= 0.6 is 22.6 Å². The molecule has 0 atom stereocenters. The van der Waals surface area contributed by atoms with Gasteiger partial charge in [-0.05, 0) is 40.8 Å². The Morgan fingerprint density at radius 3 is 3.00 bits per heavy atom. The number of benzene rings is 1. The van der Waals surface area contributed by atoms with Crippen molar-refractivity contribution >= 4 is 39.9 Å². The van der Waals surface area contributed by atoms with Gasteiger partial charge in [-0.1, -0.05) is 0 Å². The molecule has 0 radical (unpaired) electrons. The Balaban J connectivity index is 2.16. The van der Waals surface area contributed by atoms with Gasteiger partial charge in [-0.2, -0.15) is 0 Å². The van der Waals surface area contributed by atoms with Crippen LogP contribution in [0.25, 0.3) is 0 Å². The Bertz CT molecular complexity index is 375. The first kappa shape index (κ1) is 9.57. The highest BCUT2D eigenvalue weighted by Crippen LogP contribution is 2.20. The Labute approximate surface area is 96.1 Å². The van der Waals surface area contributed by atoms with E-state index in [0.717, 1.165) is 34.0 Å². The van der Waals surface area contributed by atoms with Crippen LogP contribution in [0, 0.1) is 3.57 Å². The molecule has 4 nitrogen and oxygen atoms in total. The van der Waals surface area contributed by atoms with Crippen molar-refractivity contribution in [3.63, 3.8) is 0 Å². The minimum absolute atomic E-state index is 0.779. The minimum Gasteiger partial charge on any atom is -0.399 e. The SMILES string of the molecule is Nc1ccc(NC2=NCCN2)c(I)c1. The average molecular weight is 302 g/mol. The van der Waals surface area contributed by atoms with Crippen molar-refractivity contribution in [1.82, 2.24) is 5.32 Å². The molecule has 1 aromatic rings. The summed E-state index contributed by atoms with van der Waals surface area (Å²) in [6, 6.07) is 5.76. The van der Waals surface area contributed by atoms with Gasteiger partial charge in [0.1, 0.15) is 0 Å². The molecule has 1 aliphatic heterocycles. The fourth-order valence-electron chi connectivity index (χ4n) is 1.24. The van der Waals surface area contributed by atoms with Crippen molar-refractivity contribution in [3.05, 3.63) is 21.8 Å². The van der Waals surface area contributed by atoms with Gasteiger partial charge in [0.15, 0.2) is 5.96 Å². The van der Waals surface area contributed by atoms with Crippen LogP contribution in [-0.2, 0) is 0 Å². The summed E-state index contributed by atoms with van der Waals surface area (Å²) in [5, 5.41) is 6.36. The molecule has 74 valence electrons. The fourth-order valence-corrected chi connectivity index (χ4v) is 1.92. The largest absolute Gasteiger partial charge is 0.399 e. The first-order valence-electron chi connectivity index (χ1n) is 4.36. The van der Waals surface area contributed by atoms with E-state index in [-0.39, 0.29) is 0 Å². The molecule has 1 aliphatic rings. The summed E-state index contributed by atoms with van der Waals surface area (Å²) in [6.07, 6.45) is 0. The van der Waals surface area contributed by atoms with Crippen LogP contribution in [0.2, 0.25) is 0 Å². The van der Waals surface area contributed by atoms with E-state index < -0.39 is 0 Å². The molecule has 0 unspecified atom stereocenters. The summed E-state index contributed by atoms with van der Waals surface area (Å²) in [7, 11) is 0. The van der Waals surface area contributed by atoms with Crippen molar-refractivity contribution < 1.29 is 0 Å². The number of aliphatic imine (C=N–C) groups is 1. The number of nitrogen functional groups attached to an aromatic ring is 1. The predicted octanol–water partition coefficient (Wildman–Crippen LogP) is 1.24. The molecule has 2 rings (SSSR count). The summed E-state index contributed by atoms with van der Waals surface area (Å²) in [5.74, 6) is 0.840. The lowest BCUT2D eigenvalue weighted by atomic mass is 10.3. The number of hydrogen-bond donors (Lipinski definition) is 3. The second-order valence-corrected chi connectivity index (χ2v) is 4.18. The third-order valence-corrected chi connectivity index (χ3v) is 2.81. The van der Waals surface area contributed by atoms with Crippen molar-refractivity contribution in [2.75, 3.05) is 24.1 Å². The molecule has 14 heavy (non-hydrogen) atoms. The van der Waals surface area contributed by atoms with Crippen LogP contribution in [-0.4, -0.2) is 19.0 Å². The molecule has 4 N–H and O–H groups in total. The highest BCUT2D eigenvalue weighted by Gasteiger charge is 2.06. The Hall–Kier alpha value is -0.980. The quantitative estimate of drug-likeness (QED) is 0.540. The molecule has 0 saturated carbocycles. The predicted molar refractivity (Wildman–Crippen MR) is 67.5 cm³/mol. The molecule has 1 heterocycles. The molecule has 1 aromatic carbocycles. The molecule has 5 heteroatoms. The van der Waals surface area contributed by atoms with E-state index in [2.05, 4.69) is 38.2 Å². The van der Waals surface area contributed by atoms with Gasteiger partial charge in [-0.3, -0.25) is 4.99 Å². The van der Waals surface area contributed by atoms with E-state index in [9.17, 15) is 0 Å². The van der Waals surface area contributed by atoms with Gasteiger partial charge in [0.2, 0.25) is 0 Å². The number of nitrogens with one attached hydrogen (secondary N) is 2. The number of hydrogen-bond acceptors (Lipinski definition) is 4. The summed E-state index contributed by atoms with van der Waals surface area (Å²) in [5.41, 5.74) is 7.47. The smallest absolute Gasteiger partial charge is 0.195 e. The van der Waals surface area contributed by atoms with Crippen LogP contribution in [0.4, 0.5) is 11.4 Å². The molecule has 0 aromatic heterocycles. The molecular formula is C9H11IN4. The fraction of sp³-hybridized carbons (Fsp3) is 0.222. The lowest BCUT2D eigenvalue weighted by molar-refractivity contribution is 0.959. The van der Waals surface area contributed by atoms with Crippen molar-refractivity contribution in [2.24, 2.45) is 4.99 Å². The number of rotatable bonds is 1. The second kappa shape index (κ2) is 4.04. The summed E-state index contributed by atoms with van der Waals surface area (Å²) in [4.78, 5) is 4.25. The van der Waals surface area contributed by atoms with Crippen molar-refractivity contribution in [2.45, 2.75) is 0 Å². The monoisotopic (exact) mass is 302 g/mol. The normalized spacial score (nSPS) is 14.8. The van der Waals surface area contributed by atoms with Gasteiger partial charge in [-0.25, -0.2) is 0 Å².